The minimum absolute atomic E-state index is 0.251. The molecule has 0 radical (unpaired) electrons. The molecule has 2 rings (SSSR count). The first-order valence-corrected chi connectivity index (χ1v) is 6.12. The topological polar surface area (TPSA) is 61.3 Å². The highest BCUT2D eigenvalue weighted by atomic mass is 16.5. The summed E-state index contributed by atoms with van der Waals surface area (Å²) in [5, 5.41) is 4.07. The van der Waals surface area contributed by atoms with Gasteiger partial charge in [0, 0.05) is 11.1 Å². The third-order valence-corrected chi connectivity index (χ3v) is 2.78. The molecule has 0 saturated carbocycles. The molecule has 96 valence electrons. The zero-order valence-electron chi connectivity index (χ0n) is 10.9. The number of nitrogen functional groups attached to an aromatic ring is 1. The van der Waals surface area contributed by atoms with E-state index in [0.29, 0.717) is 12.5 Å². The van der Waals surface area contributed by atoms with Crippen molar-refractivity contribution < 1.29 is 9.26 Å². The van der Waals surface area contributed by atoms with E-state index in [9.17, 15) is 0 Å². The lowest BCUT2D eigenvalue weighted by Crippen LogP contribution is -1.97. The predicted molar refractivity (Wildman–Crippen MR) is 71.6 cm³/mol. The van der Waals surface area contributed by atoms with Crippen LogP contribution in [-0.4, -0.2) is 11.8 Å². The molecule has 2 aromatic rings. The summed E-state index contributed by atoms with van der Waals surface area (Å²) in [6, 6.07) is 7.78. The van der Waals surface area contributed by atoms with Crippen LogP contribution in [0.4, 0.5) is 5.88 Å². The van der Waals surface area contributed by atoms with E-state index < -0.39 is 0 Å². The average Bonchev–Trinajstić information content (AvgIpc) is 2.72. The van der Waals surface area contributed by atoms with Crippen molar-refractivity contribution in [2.75, 3.05) is 12.3 Å². The standard InChI is InChI=1S/C14H18N2O2/c1-4-17-11-8-6-5-7-10(11)13-12(9(2)3)14(15)18-16-13/h5-9H,4,15H2,1-3H3. The molecule has 18 heavy (non-hydrogen) atoms. The number of ether oxygens (including phenoxy) is 1. The SMILES string of the molecule is CCOc1ccccc1-c1noc(N)c1C(C)C. The Kier molecular flexibility index (Phi) is 3.55. The van der Waals surface area contributed by atoms with Crippen LogP contribution in [0.15, 0.2) is 28.8 Å². The monoisotopic (exact) mass is 246 g/mol. The van der Waals surface area contributed by atoms with Crippen molar-refractivity contribution in [3.63, 3.8) is 0 Å². The maximum Gasteiger partial charge on any atom is 0.226 e. The van der Waals surface area contributed by atoms with Crippen molar-refractivity contribution in [1.29, 1.82) is 0 Å². The van der Waals surface area contributed by atoms with Crippen molar-refractivity contribution in [3.05, 3.63) is 29.8 Å². The van der Waals surface area contributed by atoms with E-state index in [1.807, 2.05) is 31.2 Å². The van der Waals surface area contributed by atoms with Crippen LogP contribution in [0.1, 0.15) is 32.3 Å². The van der Waals surface area contributed by atoms with Gasteiger partial charge in [0.2, 0.25) is 5.88 Å². The van der Waals surface area contributed by atoms with Gasteiger partial charge >= 0.3 is 0 Å². The van der Waals surface area contributed by atoms with E-state index in [1.54, 1.807) is 0 Å². The van der Waals surface area contributed by atoms with Crippen LogP contribution in [-0.2, 0) is 0 Å². The number of nitrogens with two attached hydrogens (primary N) is 1. The lowest BCUT2D eigenvalue weighted by Gasteiger charge is -2.10. The van der Waals surface area contributed by atoms with Crippen LogP contribution in [0, 0.1) is 0 Å². The van der Waals surface area contributed by atoms with Crippen molar-refractivity contribution in [2.24, 2.45) is 0 Å². The second kappa shape index (κ2) is 5.12. The van der Waals surface area contributed by atoms with Gasteiger partial charge in [-0.1, -0.05) is 31.1 Å². The molecular weight excluding hydrogens is 228 g/mol. The molecule has 1 aromatic carbocycles. The van der Waals surface area contributed by atoms with E-state index >= 15 is 0 Å². The van der Waals surface area contributed by atoms with Gasteiger partial charge in [-0.15, -0.1) is 0 Å². The highest BCUT2D eigenvalue weighted by Crippen LogP contribution is 2.37. The lowest BCUT2D eigenvalue weighted by atomic mass is 9.98. The number of benzene rings is 1. The van der Waals surface area contributed by atoms with E-state index in [0.717, 1.165) is 22.6 Å². The summed E-state index contributed by atoms with van der Waals surface area (Å²) in [6.45, 7) is 6.70. The third kappa shape index (κ3) is 2.18. The van der Waals surface area contributed by atoms with Crippen LogP contribution in [0.2, 0.25) is 0 Å². The van der Waals surface area contributed by atoms with Crippen LogP contribution >= 0.6 is 0 Å². The molecule has 2 N–H and O–H groups in total. The molecular formula is C14H18N2O2. The van der Waals surface area contributed by atoms with Crippen molar-refractivity contribution >= 4 is 5.88 Å². The van der Waals surface area contributed by atoms with E-state index in [2.05, 4.69) is 19.0 Å². The molecule has 0 spiro atoms. The molecule has 1 aromatic heterocycles. The zero-order valence-corrected chi connectivity index (χ0v) is 10.9. The second-order valence-corrected chi connectivity index (χ2v) is 4.39. The molecule has 0 unspecified atom stereocenters. The molecule has 0 atom stereocenters. The van der Waals surface area contributed by atoms with Crippen LogP contribution < -0.4 is 10.5 Å². The van der Waals surface area contributed by atoms with Crippen LogP contribution in [0.3, 0.4) is 0 Å². The van der Waals surface area contributed by atoms with E-state index in [4.69, 9.17) is 15.0 Å². The molecule has 0 fully saturated rings. The van der Waals surface area contributed by atoms with Gasteiger partial charge in [0.1, 0.15) is 11.4 Å². The number of rotatable bonds is 4. The van der Waals surface area contributed by atoms with Gasteiger partial charge in [-0.25, -0.2) is 0 Å². The first-order chi connectivity index (χ1) is 8.65. The molecule has 0 saturated heterocycles. The van der Waals surface area contributed by atoms with Crippen molar-refractivity contribution in [3.8, 4) is 17.0 Å². The lowest BCUT2D eigenvalue weighted by molar-refractivity contribution is 0.341. The molecule has 0 aliphatic rings. The average molecular weight is 246 g/mol. The smallest absolute Gasteiger partial charge is 0.226 e. The molecule has 0 bridgehead atoms. The largest absolute Gasteiger partial charge is 0.493 e. The van der Waals surface area contributed by atoms with Crippen LogP contribution in [0.5, 0.6) is 5.75 Å². The minimum atomic E-state index is 0.251. The van der Waals surface area contributed by atoms with Gasteiger partial charge in [0.15, 0.2) is 0 Å². The Morgan fingerprint density at radius 3 is 2.72 bits per heavy atom. The quantitative estimate of drug-likeness (QED) is 0.897. The fraction of sp³-hybridized carbons (Fsp3) is 0.357. The number of anilines is 1. The Morgan fingerprint density at radius 2 is 2.06 bits per heavy atom. The maximum absolute atomic E-state index is 5.83. The van der Waals surface area contributed by atoms with Gasteiger partial charge in [-0.2, -0.15) is 0 Å². The number of hydrogen-bond donors (Lipinski definition) is 1. The first kappa shape index (κ1) is 12.5. The summed E-state index contributed by atoms with van der Waals surface area (Å²) in [6.07, 6.45) is 0. The molecule has 0 aliphatic heterocycles. The van der Waals surface area contributed by atoms with Gasteiger partial charge in [0.25, 0.3) is 0 Å². The predicted octanol–water partition coefficient (Wildman–Crippen LogP) is 3.45. The second-order valence-electron chi connectivity index (χ2n) is 4.39. The summed E-state index contributed by atoms with van der Waals surface area (Å²) in [5.41, 5.74) is 8.46. The van der Waals surface area contributed by atoms with Crippen LogP contribution in [0.25, 0.3) is 11.3 Å². The number of nitrogens with zero attached hydrogens (tertiary/aromatic N) is 1. The highest BCUT2D eigenvalue weighted by Gasteiger charge is 2.20. The highest BCUT2D eigenvalue weighted by molar-refractivity contribution is 5.73. The number of aromatic nitrogens is 1. The summed E-state index contributed by atoms with van der Waals surface area (Å²) < 4.78 is 10.7. The normalized spacial score (nSPS) is 10.9. The fourth-order valence-corrected chi connectivity index (χ4v) is 2.01. The summed E-state index contributed by atoms with van der Waals surface area (Å²) in [4.78, 5) is 0. The summed E-state index contributed by atoms with van der Waals surface area (Å²) >= 11 is 0. The van der Waals surface area contributed by atoms with Gasteiger partial charge < -0.3 is 15.0 Å². The van der Waals surface area contributed by atoms with Crippen molar-refractivity contribution in [1.82, 2.24) is 5.16 Å². The molecule has 4 nitrogen and oxygen atoms in total. The Morgan fingerprint density at radius 1 is 1.33 bits per heavy atom. The number of para-hydroxylation sites is 1. The van der Waals surface area contributed by atoms with E-state index in [1.165, 1.54) is 0 Å². The molecule has 1 heterocycles. The first-order valence-electron chi connectivity index (χ1n) is 6.12. The Labute approximate surface area is 107 Å². The van der Waals surface area contributed by atoms with Gasteiger partial charge in [0.05, 0.1) is 6.61 Å². The van der Waals surface area contributed by atoms with E-state index in [-0.39, 0.29) is 5.92 Å². The summed E-state index contributed by atoms with van der Waals surface area (Å²) in [5.74, 6) is 1.43. The minimum Gasteiger partial charge on any atom is -0.493 e. The molecule has 0 amide bonds. The maximum atomic E-state index is 5.83. The zero-order chi connectivity index (χ0) is 13.1. The summed E-state index contributed by atoms with van der Waals surface area (Å²) in [7, 11) is 0. The van der Waals surface area contributed by atoms with Crippen molar-refractivity contribution in [2.45, 2.75) is 26.7 Å². The third-order valence-electron chi connectivity index (χ3n) is 2.78. The van der Waals surface area contributed by atoms with Gasteiger partial charge in [-0.3, -0.25) is 0 Å². The Balaban J connectivity index is 2.55. The molecule has 0 aliphatic carbocycles. The number of hydrogen-bond acceptors (Lipinski definition) is 4. The fourth-order valence-electron chi connectivity index (χ4n) is 2.01. The van der Waals surface area contributed by atoms with Gasteiger partial charge in [-0.05, 0) is 25.0 Å². The Hall–Kier alpha value is -1.97. The Bertz CT molecular complexity index is 532. The molecule has 4 heteroatoms.